The number of carbonyl (C=O) groups is 1. The molecule has 65 heavy (non-hydrogen) atoms. The number of ether oxygens (including phenoxy) is 4. The van der Waals surface area contributed by atoms with Gasteiger partial charge in [-0.1, -0.05) is 130 Å². The highest BCUT2D eigenvalue weighted by Gasteiger charge is 2.33. The van der Waals surface area contributed by atoms with Crippen LogP contribution >= 0.6 is 23.5 Å². The zero-order valence-electron chi connectivity index (χ0n) is 42.6. The minimum absolute atomic E-state index is 0.0189. The van der Waals surface area contributed by atoms with Crippen LogP contribution in [0.5, 0.6) is 11.5 Å². The molecular formula is C58H82O5S2. The highest BCUT2D eigenvalue weighted by Crippen LogP contribution is 2.43. The summed E-state index contributed by atoms with van der Waals surface area (Å²) in [5.74, 6) is 3.81. The molecule has 4 aromatic carbocycles. The standard InChI is InChI=1S/C29H40O3S.C29H42O2S/c1-8-29(9-2,23-11-10-22(20(3)16-23)19-33-28(5,6)7)24-12-14-26(21(4)17-24)31-18-25-13-15-27(30)32-25;1-8-29(9-2,24-14-13-23(21(3)18-24)20-32-28(5,6)7)25-15-16-26(22(4)19-25)31-27-12-10-11-17-30-27/h10-12,14,16-17,25H,8-9,13,15,18-19H2,1-7H3;13-16,18-19,27H,8-12,17,20H2,1-7H3/t25-;/m0./s1. The zero-order valence-corrected chi connectivity index (χ0v) is 44.3. The molecule has 0 saturated carbocycles. The minimum atomic E-state index is -0.125. The Balaban J connectivity index is 0.000000244. The fourth-order valence-electron chi connectivity index (χ4n) is 9.38. The molecule has 2 atom stereocenters. The second-order valence-electron chi connectivity index (χ2n) is 20.5. The van der Waals surface area contributed by atoms with Crippen LogP contribution in [-0.2, 0) is 36.6 Å². The van der Waals surface area contributed by atoms with Crippen LogP contribution in [0.1, 0.15) is 183 Å². The summed E-state index contributed by atoms with van der Waals surface area (Å²) in [6.45, 7) is 32.9. The Morgan fingerprint density at radius 1 is 0.585 bits per heavy atom. The van der Waals surface area contributed by atoms with Gasteiger partial charge in [-0.05, 0) is 140 Å². The number of hydrogen-bond donors (Lipinski definition) is 0. The molecule has 2 aliphatic rings. The van der Waals surface area contributed by atoms with Crippen molar-refractivity contribution < 1.29 is 23.7 Å². The zero-order chi connectivity index (χ0) is 47.6. The molecule has 2 fully saturated rings. The molecule has 2 aliphatic heterocycles. The van der Waals surface area contributed by atoms with E-state index in [0.717, 1.165) is 80.1 Å². The average Bonchev–Trinajstić information content (AvgIpc) is 3.69. The van der Waals surface area contributed by atoms with Crippen molar-refractivity contribution in [1.82, 2.24) is 0 Å². The van der Waals surface area contributed by atoms with Crippen LogP contribution in [0.4, 0.5) is 0 Å². The first-order chi connectivity index (χ1) is 30.8. The molecule has 4 aromatic rings. The van der Waals surface area contributed by atoms with Gasteiger partial charge in [-0.15, -0.1) is 0 Å². The third kappa shape index (κ3) is 13.8. The van der Waals surface area contributed by atoms with Crippen LogP contribution in [0.25, 0.3) is 0 Å². The summed E-state index contributed by atoms with van der Waals surface area (Å²) in [6.07, 6.45) is 8.54. The summed E-state index contributed by atoms with van der Waals surface area (Å²) in [6, 6.07) is 27.6. The van der Waals surface area contributed by atoms with Crippen LogP contribution in [0.2, 0.25) is 0 Å². The van der Waals surface area contributed by atoms with Crippen molar-refractivity contribution >= 4 is 29.5 Å². The molecule has 0 spiro atoms. The van der Waals surface area contributed by atoms with E-state index < -0.39 is 0 Å². The van der Waals surface area contributed by atoms with E-state index in [1.54, 1.807) is 0 Å². The maximum atomic E-state index is 11.3. The van der Waals surface area contributed by atoms with Crippen LogP contribution < -0.4 is 9.47 Å². The highest BCUT2D eigenvalue weighted by molar-refractivity contribution is 8.00. The van der Waals surface area contributed by atoms with E-state index in [0.29, 0.717) is 13.0 Å². The number of thioether (sulfide) groups is 2. The molecule has 0 amide bonds. The molecule has 5 nitrogen and oxygen atoms in total. The second kappa shape index (κ2) is 23.1. The summed E-state index contributed by atoms with van der Waals surface area (Å²) < 4.78 is 23.8. The van der Waals surface area contributed by atoms with Crippen molar-refractivity contribution in [3.63, 3.8) is 0 Å². The molecular weight excluding hydrogens is 841 g/mol. The molecule has 0 bridgehead atoms. The number of carbonyl (C=O) groups excluding carboxylic acids is 1. The molecule has 0 aromatic heterocycles. The van der Waals surface area contributed by atoms with Crippen molar-refractivity contribution in [2.24, 2.45) is 0 Å². The number of cyclic esters (lactones) is 1. The van der Waals surface area contributed by atoms with E-state index in [-0.39, 0.29) is 38.7 Å². The van der Waals surface area contributed by atoms with E-state index >= 15 is 0 Å². The molecule has 0 radical (unpaired) electrons. The predicted molar refractivity (Wildman–Crippen MR) is 278 cm³/mol. The van der Waals surface area contributed by atoms with Gasteiger partial charge in [-0.2, -0.15) is 23.5 Å². The normalized spacial score (nSPS) is 17.0. The monoisotopic (exact) mass is 923 g/mol. The summed E-state index contributed by atoms with van der Waals surface area (Å²) in [4.78, 5) is 11.3. The van der Waals surface area contributed by atoms with Crippen LogP contribution in [0.3, 0.4) is 0 Å². The quantitative estimate of drug-likeness (QED) is 0.0978. The van der Waals surface area contributed by atoms with Gasteiger partial charge in [-0.3, -0.25) is 4.79 Å². The van der Waals surface area contributed by atoms with Crippen molar-refractivity contribution in [3.8, 4) is 11.5 Å². The van der Waals surface area contributed by atoms with E-state index in [1.807, 2.05) is 23.5 Å². The Bertz CT molecular complexity index is 2160. The Hall–Kier alpha value is -3.39. The van der Waals surface area contributed by atoms with Gasteiger partial charge in [0.2, 0.25) is 0 Å². The van der Waals surface area contributed by atoms with E-state index in [4.69, 9.17) is 18.9 Å². The third-order valence-corrected chi connectivity index (χ3v) is 16.4. The molecule has 6 rings (SSSR count). The predicted octanol–water partition coefficient (Wildman–Crippen LogP) is 15.9. The lowest BCUT2D eigenvalue weighted by Crippen LogP contribution is -2.27. The lowest BCUT2D eigenvalue weighted by Gasteiger charge is -2.34. The van der Waals surface area contributed by atoms with Crippen molar-refractivity contribution in [2.75, 3.05) is 13.2 Å². The van der Waals surface area contributed by atoms with E-state index in [9.17, 15) is 4.79 Å². The van der Waals surface area contributed by atoms with Gasteiger partial charge in [0.15, 0.2) is 6.29 Å². The van der Waals surface area contributed by atoms with Crippen molar-refractivity contribution in [2.45, 2.75) is 199 Å². The molecule has 1 unspecified atom stereocenters. The summed E-state index contributed by atoms with van der Waals surface area (Å²) in [5, 5.41) is 0. The van der Waals surface area contributed by atoms with Crippen LogP contribution in [0.15, 0.2) is 72.8 Å². The highest BCUT2D eigenvalue weighted by atomic mass is 32.2. The largest absolute Gasteiger partial charge is 0.489 e. The SMILES string of the molecule is CCC(CC)(c1ccc(CSC(C)(C)C)c(C)c1)c1ccc(OC2CCCCO2)c(C)c1.CCC(CC)(c1ccc(CSC(C)(C)C)c(C)c1)c1ccc(OC[C@@H]2CCC(=O)O2)c(C)c1. The van der Waals surface area contributed by atoms with Gasteiger partial charge in [0.1, 0.15) is 24.2 Å². The van der Waals surface area contributed by atoms with Gasteiger partial charge < -0.3 is 18.9 Å². The molecule has 2 heterocycles. The third-order valence-electron chi connectivity index (χ3n) is 13.8. The fourth-order valence-corrected chi connectivity index (χ4v) is 11.2. The number of rotatable bonds is 17. The Kier molecular flexibility index (Phi) is 18.7. The first-order valence-corrected chi connectivity index (χ1v) is 26.5. The number of aryl methyl sites for hydroxylation is 4. The summed E-state index contributed by atoms with van der Waals surface area (Å²) >= 11 is 4.01. The number of esters is 1. The maximum absolute atomic E-state index is 11.3. The van der Waals surface area contributed by atoms with Crippen molar-refractivity contribution in [3.05, 3.63) is 128 Å². The lowest BCUT2D eigenvalue weighted by atomic mass is 9.70. The van der Waals surface area contributed by atoms with E-state index in [1.165, 1.54) is 56.5 Å². The van der Waals surface area contributed by atoms with E-state index in [2.05, 4.69) is 170 Å². The van der Waals surface area contributed by atoms with Gasteiger partial charge >= 0.3 is 5.97 Å². The molecule has 7 heteroatoms. The minimum Gasteiger partial charge on any atom is -0.489 e. The molecule has 2 saturated heterocycles. The Morgan fingerprint density at radius 3 is 1.40 bits per heavy atom. The average molecular weight is 923 g/mol. The number of hydrogen-bond acceptors (Lipinski definition) is 7. The second-order valence-corrected chi connectivity index (χ2v) is 24.1. The van der Waals surface area contributed by atoms with Gasteiger partial charge in [0, 0.05) is 44.7 Å². The summed E-state index contributed by atoms with van der Waals surface area (Å²) in [5.41, 5.74) is 13.5. The van der Waals surface area contributed by atoms with Crippen molar-refractivity contribution in [1.29, 1.82) is 0 Å². The first-order valence-electron chi connectivity index (χ1n) is 24.6. The van der Waals surface area contributed by atoms with Gasteiger partial charge in [0.05, 0.1) is 6.61 Å². The Morgan fingerprint density at radius 2 is 1.03 bits per heavy atom. The molecule has 0 aliphatic carbocycles. The van der Waals surface area contributed by atoms with Crippen LogP contribution in [-0.4, -0.2) is 41.1 Å². The maximum Gasteiger partial charge on any atom is 0.306 e. The molecule has 0 N–H and O–H groups in total. The Labute approximate surface area is 403 Å². The van der Waals surface area contributed by atoms with Gasteiger partial charge in [0.25, 0.3) is 0 Å². The van der Waals surface area contributed by atoms with Crippen LogP contribution in [0, 0.1) is 27.7 Å². The molecule has 356 valence electrons. The van der Waals surface area contributed by atoms with Gasteiger partial charge in [-0.25, -0.2) is 0 Å². The number of benzene rings is 4. The summed E-state index contributed by atoms with van der Waals surface area (Å²) in [7, 11) is 0. The topological polar surface area (TPSA) is 54.0 Å². The fraction of sp³-hybridized carbons (Fsp3) is 0.569. The smallest absolute Gasteiger partial charge is 0.306 e. The lowest BCUT2D eigenvalue weighted by molar-refractivity contribution is -0.142. The first kappa shape index (κ1) is 52.6.